The summed E-state index contributed by atoms with van der Waals surface area (Å²) in [7, 11) is 0. The number of nitrogen functional groups attached to an aromatic ring is 2. The summed E-state index contributed by atoms with van der Waals surface area (Å²) in [5, 5.41) is 2.31. The number of nitrogens with two attached hydrogens (primary N) is 2. The molecule has 0 radical (unpaired) electrons. The molecule has 90 valence electrons. The lowest BCUT2D eigenvalue weighted by Crippen LogP contribution is -1.93. The first-order chi connectivity index (χ1) is 8.72. The van der Waals surface area contributed by atoms with Crippen LogP contribution >= 0.6 is 11.8 Å². The summed E-state index contributed by atoms with van der Waals surface area (Å²) in [5.74, 6) is 0. The zero-order valence-corrected chi connectivity index (χ0v) is 10.5. The highest BCUT2D eigenvalue weighted by Gasteiger charge is 2.03. The Morgan fingerprint density at radius 2 is 1.72 bits per heavy atom. The van der Waals surface area contributed by atoms with Gasteiger partial charge in [0.1, 0.15) is 0 Å². The third-order valence-electron chi connectivity index (χ3n) is 2.79. The lowest BCUT2D eigenvalue weighted by atomic mass is 10.3. The Kier molecular flexibility index (Phi) is 2.64. The lowest BCUT2D eigenvalue weighted by molar-refractivity contribution is 1.23. The topological polar surface area (TPSA) is 67.8 Å². The quantitative estimate of drug-likeness (QED) is 0.614. The van der Waals surface area contributed by atoms with Crippen molar-refractivity contribution < 1.29 is 0 Å². The molecule has 2 aromatic carbocycles. The van der Waals surface area contributed by atoms with Gasteiger partial charge in [-0.25, -0.2) is 0 Å². The summed E-state index contributed by atoms with van der Waals surface area (Å²) < 4.78 is 0. The predicted octanol–water partition coefficient (Wildman–Crippen LogP) is 3.48. The van der Waals surface area contributed by atoms with E-state index in [1.165, 1.54) is 5.39 Å². The van der Waals surface area contributed by atoms with E-state index in [-0.39, 0.29) is 0 Å². The molecule has 0 saturated heterocycles. The van der Waals surface area contributed by atoms with E-state index < -0.39 is 0 Å². The van der Waals surface area contributed by atoms with Crippen LogP contribution in [0.5, 0.6) is 0 Å². The molecule has 1 heterocycles. The number of hydrogen-bond donors (Lipinski definition) is 3. The van der Waals surface area contributed by atoms with E-state index >= 15 is 0 Å². The SMILES string of the molecule is Nc1ccc(Sc2cc3ccccc3[nH]2)cc1N. The van der Waals surface area contributed by atoms with Gasteiger partial charge in [0.15, 0.2) is 0 Å². The maximum absolute atomic E-state index is 5.80. The third-order valence-corrected chi connectivity index (χ3v) is 3.72. The molecule has 0 aliphatic carbocycles. The smallest absolute Gasteiger partial charge is 0.0780 e. The summed E-state index contributed by atoms with van der Waals surface area (Å²) >= 11 is 1.65. The predicted molar refractivity (Wildman–Crippen MR) is 77.7 cm³/mol. The Labute approximate surface area is 109 Å². The summed E-state index contributed by atoms with van der Waals surface area (Å²) in [5.41, 5.74) is 13.9. The Morgan fingerprint density at radius 1 is 0.889 bits per heavy atom. The molecule has 0 spiro atoms. The van der Waals surface area contributed by atoms with Gasteiger partial charge in [-0.3, -0.25) is 0 Å². The molecule has 0 aliphatic heterocycles. The molecule has 18 heavy (non-hydrogen) atoms. The molecule has 0 unspecified atom stereocenters. The number of anilines is 2. The molecule has 4 heteroatoms. The van der Waals surface area contributed by atoms with Gasteiger partial charge in [0.2, 0.25) is 0 Å². The number of hydrogen-bond acceptors (Lipinski definition) is 3. The van der Waals surface area contributed by atoms with E-state index in [4.69, 9.17) is 11.5 Å². The van der Waals surface area contributed by atoms with Crippen molar-refractivity contribution in [2.45, 2.75) is 9.92 Å². The van der Waals surface area contributed by atoms with E-state index in [9.17, 15) is 0 Å². The Bertz CT molecular complexity index is 670. The molecule has 0 saturated carbocycles. The summed E-state index contributed by atoms with van der Waals surface area (Å²) in [6.07, 6.45) is 0. The largest absolute Gasteiger partial charge is 0.397 e. The number of aromatic amines is 1. The Morgan fingerprint density at radius 3 is 2.50 bits per heavy atom. The van der Waals surface area contributed by atoms with Gasteiger partial charge in [-0.15, -0.1) is 0 Å². The van der Waals surface area contributed by atoms with Crippen LogP contribution in [0.4, 0.5) is 11.4 Å². The van der Waals surface area contributed by atoms with Crippen molar-refractivity contribution in [3.05, 3.63) is 48.5 Å². The van der Waals surface area contributed by atoms with E-state index in [1.807, 2.05) is 30.3 Å². The van der Waals surface area contributed by atoms with Crippen LogP contribution in [-0.2, 0) is 0 Å². The highest BCUT2D eigenvalue weighted by Crippen LogP contribution is 2.32. The van der Waals surface area contributed by atoms with Crippen molar-refractivity contribution in [3.63, 3.8) is 0 Å². The van der Waals surface area contributed by atoms with Gasteiger partial charge < -0.3 is 16.5 Å². The molecule has 3 rings (SSSR count). The summed E-state index contributed by atoms with van der Waals surface area (Å²) in [6, 6.07) is 16.0. The number of para-hydroxylation sites is 1. The minimum Gasteiger partial charge on any atom is -0.397 e. The maximum atomic E-state index is 5.80. The second kappa shape index (κ2) is 4.31. The number of benzene rings is 2. The van der Waals surface area contributed by atoms with E-state index in [0.29, 0.717) is 11.4 Å². The fourth-order valence-corrected chi connectivity index (χ4v) is 2.77. The molecule has 0 amide bonds. The van der Waals surface area contributed by atoms with Crippen molar-refractivity contribution >= 4 is 34.0 Å². The number of H-pyrrole nitrogens is 1. The molecule has 1 aromatic heterocycles. The Hall–Kier alpha value is -2.07. The zero-order chi connectivity index (χ0) is 12.5. The van der Waals surface area contributed by atoms with Crippen molar-refractivity contribution in [2.75, 3.05) is 11.5 Å². The van der Waals surface area contributed by atoms with Gasteiger partial charge in [0.25, 0.3) is 0 Å². The minimum atomic E-state index is 0.621. The highest BCUT2D eigenvalue weighted by atomic mass is 32.2. The van der Waals surface area contributed by atoms with E-state index in [0.717, 1.165) is 15.4 Å². The van der Waals surface area contributed by atoms with Gasteiger partial charge in [-0.05, 0) is 30.3 Å². The van der Waals surface area contributed by atoms with E-state index in [2.05, 4.69) is 23.2 Å². The van der Waals surface area contributed by atoms with Crippen LogP contribution < -0.4 is 11.5 Å². The van der Waals surface area contributed by atoms with Gasteiger partial charge in [-0.1, -0.05) is 30.0 Å². The van der Waals surface area contributed by atoms with Crippen LogP contribution in [0.2, 0.25) is 0 Å². The second-order valence-electron chi connectivity index (χ2n) is 4.11. The van der Waals surface area contributed by atoms with Crippen LogP contribution in [-0.4, -0.2) is 4.98 Å². The number of nitrogens with one attached hydrogen (secondary N) is 1. The maximum Gasteiger partial charge on any atom is 0.0780 e. The van der Waals surface area contributed by atoms with Crippen molar-refractivity contribution in [2.24, 2.45) is 0 Å². The van der Waals surface area contributed by atoms with Crippen molar-refractivity contribution in [1.29, 1.82) is 0 Å². The van der Waals surface area contributed by atoms with Gasteiger partial charge in [-0.2, -0.15) is 0 Å². The fraction of sp³-hybridized carbons (Fsp3) is 0. The molecule has 3 aromatic rings. The van der Waals surface area contributed by atoms with Crippen molar-refractivity contribution in [1.82, 2.24) is 4.98 Å². The van der Waals surface area contributed by atoms with Crippen LogP contribution in [0.25, 0.3) is 10.9 Å². The molecule has 3 nitrogen and oxygen atoms in total. The first-order valence-electron chi connectivity index (χ1n) is 5.63. The van der Waals surface area contributed by atoms with Gasteiger partial charge in [0.05, 0.1) is 16.4 Å². The first-order valence-corrected chi connectivity index (χ1v) is 6.44. The average molecular weight is 255 g/mol. The average Bonchev–Trinajstić information content (AvgIpc) is 2.76. The zero-order valence-electron chi connectivity index (χ0n) is 9.68. The van der Waals surface area contributed by atoms with Gasteiger partial charge in [0, 0.05) is 15.8 Å². The summed E-state index contributed by atoms with van der Waals surface area (Å²) in [6.45, 7) is 0. The van der Waals surface area contributed by atoms with E-state index in [1.54, 1.807) is 11.8 Å². The molecule has 5 N–H and O–H groups in total. The highest BCUT2D eigenvalue weighted by molar-refractivity contribution is 7.99. The first kappa shape index (κ1) is 11.0. The standard InChI is InChI=1S/C14H13N3S/c15-11-6-5-10(8-12(11)16)18-14-7-9-3-1-2-4-13(9)17-14/h1-8,17H,15-16H2. The minimum absolute atomic E-state index is 0.621. The molecule has 0 atom stereocenters. The lowest BCUT2D eigenvalue weighted by Gasteiger charge is -2.03. The number of fused-ring (bicyclic) bond motifs is 1. The molecular formula is C14H13N3S. The molecule has 0 fully saturated rings. The molecular weight excluding hydrogens is 242 g/mol. The van der Waals surface area contributed by atoms with Gasteiger partial charge >= 0.3 is 0 Å². The number of rotatable bonds is 2. The molecule has 0 bridgehead atoms. The number of aromatic nitrogens is 1. The monoisotopic (exact) mass is 255 g/mol. The summed E-state index contributed by atoms with van der Waals surface area (Å²) in [4.78, 5) is 4.45. The molecule has 0 aliphatic rings. The fourth-order valence-electron chi connectivity index (χ4n) is 1.85. The second-order valence-corrected chi connectivity index (χ2v) is 5.23. The Balaban J connectivity index is 1.93. The van der Waals surface area contributed by atoms with Crippen LogP contribution in [0.3, 0.4) is 0 Å². The normalized spacial score (nSPS) is 10.9. The van der Waals surface area contributed by atoms with Crippen LogP contribution in [0.1, 0.15) is 0 Å². The van der Waals surface area contributed by atoms with Crippen LogP contribution in [0, 0.1) is 0 Å². The van der Waals surface area contributed by atoms with Crippen LogP contribution in [0.15, 0.2) is 58.5 Å². The van der Waals surface area contributed by atoms with Crippen molar-refractivity contribution in [3.8, 4) is 0 Å². The third kappa shape index (κ3) is 2.02.